The molecule has 0 bridgehead atoms. The molecule has 3 rings (SSSR count). The maximum atomic E-state index is 13.4. The number of amides is 1. The number of anilines is 1. The summed E-state index contributed by atoms with van der Waals surface area (Å²) < 4.78 is 18.5. The van der Waals surface area contributed by atoms with Crippen LogP contribution in [0.4, 0.5) is 10.1 Å². The molecule has 0 spiro atoms. The second kappa shape index (κ2) is 8.73. The minimum Gasteiger partial charge on any atom is -0.461 e. The van der Waals surface area contributed by atoms with E-state index < -0.39 is 5.97 Å². The number of carbonyl (C=O) groups is 2. The first kappa shape index (κ1) is 20.3. The third kappa shape index (κ3) is 4.37. The molecule has 1 aromatic heterocycles. The molecular formula is C23H23FN2O3. The van der Waals surface area contributed by atoms with Crippen LogP contribution in [0.3, 0.4) is 0 Å². The quantitative estimate of drug-likeness (QED) is 0.611. The molecule has 0 aliphatic heterocycles. The fraction of sp³-hybridized carbons (Fsp3) is 0.217. The topological polar surface area (TPSA) is 62.4 Å². The molecule has 0 aliphatic rings. The van der Waals surface area contributed by atoms with Gasteiger partial charge in [0.2, 0.25) is 0 Å². The maximum absolute atomic E-state index is 13.4. The lowest BCUT2D eigenvalue weighted by Gasteiger charge is -2.24. The first-order valence-corrected chi connectivity index (χ1v) is 9.40. The van der Waals surface area contributed by atoms with E-state index in [-0.39, 0.29) is 24.9 Å². The Morgan fingerprint density at radius 1 is 1.03 bits per heavy atom. The summed E-state index contributed by atoms with van der Waals surface area (Å²) in [7, 11) is 0. The molecule has 0 unspecified atom stereocenters. The largest absolute Gasteiger partial charge is 0.461 e. The molecule has 0 atom stereocenters. The molecule has 0 radical (unpaired) electrons. The maximum Gasteiger partial charge on any atom is 0.355 e. The molecule has 3 aromatic rings. The van der Waals surface area contributed by atoms with Gasteiger partial charge >= 0.3 is 5.97 Å². The number of H-pyrrole nitrogens is 1. The van der Waals surface area contributed by atoms with Gasteiger partial charge in [-0.2, -0.15) is 0 Å². The Bertz CT molecular complexity index is 1010. The zero-order valence-electron chi connectivity index (χ0n) is 16.7. The number of nitrogens with zero attached hydrogens (tertiary/aromatic N) is 1. The van der Waals surface area contributed by atoms with Gasteiger partial charge in [-0.25, -0.2) is 9.18 Å². The van der Waals surface area contributed by atoms with Crippen molar-refractivity contribution in [1.82, 2.24) is 4.98 Å². The van der Waals surface area contributed by atoms with Crippen molar-refractivity contribution in [2.24, 2.45) is 0 Å². The molecule has 5 nitrogen and oxygen atoms in total. The van der Waals surface area contributed by atoms with E-state index >= 15 is 0 Å². The van der Waals surface area contributed by atoms with Gasteiger partial charge in [0.25, 0.3) is 5.91 Å². The van der Waals surface area contributed by atoms with E-state index in [9.17, 15) is 14.0 Å². The summed E-state index contributed by atoms with van der Waals surface area (Å²) in [5, 5.41) is 0. The Labute approximate surface area is 169 Å². The van der Waals surface area contributed by atoms with Gasteiger partial charge < -0.3 is 14.6 Å². The van der Waals surface area contributed by atoms with E-state index in [0.29, 0.717) is 16.9 Å². The standard InChI is InChI=1S/C23H23FN2O3/c1-4-29-23(28)21-15(2)20(16(3)25-21)14-26(19-12-10-18(24)11-13-19)22(27)17-8-6-5-7-9-17/h5-13,25H,4,14H2,1-3H3. The van der Waals surface area contributed by atoms with Gasteiger partial charge in [0.05, 0.1) is 13.2 Å². The van der Waals surface area contributed by atoms with Gasteiger partial charge in [0.15, 0.2) is 0 Å². The third-order valence-electron chi connectivity index (χ3n) is 4.79. The summed E-state index contributed by atoms with van der Waals surface area (Å²) >= 11 is 0. The second-order valence-corrected chi connectivity index (χ2v) is 6.68. The predicted octanol–water partition coefficient (Wildman–Crippen LogP) is 4.79. The Hall–Kier alpha value is -3.41. The highest BCUT2D eigenvalue weighted by Gasteiger charge is 2.24. The lowest BCUT2D eigenvalue weighted by atomic mass is 10.1. The van der Waals surface area contributed by atoms with E-state index in [2.05, 4.69) is 4.98 Å². The molecule has 0 fully saturated rings. The molecule has 1 heterocycles. The van der Waals surface area contributed by atoms with Crippen molar-refractivity contribution < 1.29 is 18.7 Å². The number of nitrogens with one attached hydrogen (secondary N) is 1. The number of hydrogen-bond donors (Lipinski definition) is 1. The Morgan fingerprint density at radius 2 is 1.69 bits per heavy atom. The summed E-state index contributed by atoms with van der Waals surface area (Å²) in [6.07, 6.45) is 0. The first-order chi connectivity index (χ1) is 13.9. The summed E-state index contributed by atoms with van der Waals surface area (Å²) in [5.41, 5.74) is 3.80. The fourth-order valence-corrected chi connectivity index (χ4v) is 3.23. The number of aryl methyl sites for hydroxylation is 1. The molecule has 1 amide bonds. The van der Waals surface area contributed by atoms with Crippen LogP contribution in [0.5, 0.6) is 0 Å². The summed E-state index contributed by atoms with van der Waals surface area (Å²) in [6, 6.07) is 14.7. The van der Waals surface area contributed by atoms with E-state index in [0.717, 1.165) is 16.8 Å². The van der Waals surface area contributed by atoms with E-state index in [4.69, 9.17) is 4.74 Å². The number of rotatable bonds is 6. The zero-order chi connectivity index (χ0) is 21.0. The molecule has 150 valence electrons. The number of ether oxygens (including phenoxy) is 1. The molecule has 0 saturated heterocycles. The van der Waals surface area contributed by atoms with Crippen LogP contribution in [0.2, 0.25) is 0 Å². The number of hydrogen-bond acceptors (Lipinski definition) is 3. The summed E-state index contributed by atoms with van der Waals surface area (Å²) in [5.74, 6) is -1.02. The minimum atomic E-state index is -0.429. The number of aromatic amines is 1. The highest BCUT2D eigenvalue weighted by atomic mass is 19.1. The van der Waals surface area contributed by atoms with Crippen molar-refractivity contribution in [3.63, 3.8) is 0 Å². The molecule has 2 aromatic carbocycles. The minimum absolute atomic E-state index is 0.213. The molecule has 1 N–H and O–H groups in total. The summed E-state index contributed by atoms with van der Waals surface area (Å²) in [6.45, 7) is 5.92. The number of benzene rings is 2. The van der Waals surface area contributed by atoms with Crippen LogP contribution in [0, 0.1) is 19.7 Å². The number of esters is 1. The van der Waals surface area contributed by atoms with Gasteiger partial charge in [0.1, 0.15) is 11.5 Å². The van der Waals surface area contributed by atoms with Gasteiger partial charge in [-0.05, 0) is 68.3 Å². The van der Waals surface area contributed by atoms with E-state index in [1.165, 1.54) is 12.1 Å². The SMILES string of the molecule is CCOC(=O)c1[nH]c(C)c(CN(C(=O)c2ccccc2)c2ccc(F)cc2)c1C. The summed E-state index contributed by atoms with van der Waals surface area (Å²) in [4.78, 5) is 30.1. The van der Waals surface area contributed by atoms with Crippen LogP contribution in [-0.2, 0) is 11.3 Å². The van der Waals surface area contributed by atoms with Crippen molar-refractivity contribution in [2.45, 2.75) is 27.3 Å². The van der Waals surface area contributed by atoms with Gasteiger partial charge in [-0.1, -0.05) is 18.2 Å². The average molecular weight is 394 g/mol. The fourth-order valence-electron chi connectivity index (χ4n) is 3.23. The highest BCUT2D eigenvalue weighted by Crippen LogP contribution is 2.26. The molecule has 29 heavy (non-hydrogen) atoms. The van der Waals surface area contributed by atoms with E-state index in [1.807, 2.05) is 19.9 Å². The Morgan fingerprint density at radius 3 is 2.31 bits per heavy atom. The lowest BCUT2D eigenvalue weighted by molar-refractivity contribution is 0.0519. The number of halogens is 1. The van der Waals surface area contributed by atoms with E-state index in [1.54, 1.807) is 48.2 Å². The number of aromatic nitrogens is 1. The van der Waals surface area contributed by atoms with Crippen molar-refractivity contribution in [3.05, 3.63) is 88.5 Å². The van der Waals surface area contributed by atoms with Gasteiger partial charge in [-0.15, -0.1) is 0 Å². The average Bonchev–Trinajstić information content (AvgIpc) is 3.01. The third-order valence-corrected chi connectivity index (χ3v) is 4.79. The van der Waals surface area contributed by atoms with Crippen LogP contribution < -0.4 is 4.90 Å². The Kier molecular flexibility index (Phi) is 6.12. The van der Waals surface area contributed by atoms with Crippen LogP contribution in [0.25, 0.3) is 0 Å². The highest BCUT2D eigenvalue weighted by molar-refractivity contribution is 6.06. The zero-order valence-corrected chi connectivity index (χ0v) is 16.7. The first-order valence-electron chi connectivity index (χ1n) is 9.40. The van der Waals surface area contributed by atoms with Crippen LogP contribution in [0.15, 0.2) is 54.6 Å². The molecular weight excluding hydrogens is 371 g/mol. The van der Waals surface area contributed by atoms with Crippen molar-refractivity contribution >= 4 is 17.6 Å². The second-order valence-electron chi connectivity index (χ2n) is 6.68. The van der Waals surface area contributed by atoms with Gasteiger partial charge in [0, 0.05) is 16.9 Å². The monoisotopic (exact) mass is 394 g/mol. The van der Waals surface area contributed by atoms with Crippen molar-refractivity contribution in [3.8, 4) is 0 Å². The normalized spacial score (nSPS) is 10.6. The molecule has 0 saturated carbocycles. The smallest absolute Gasteiger partial charge is 0.355 e. The predicted molar refractivity (Wildman–Crippen MR) is 110 cm³/mol. The lowest BCUT2D eigenvalue weighted by Crippen LogP contribution is -2.30. The van der Waals surface area contributed by atoms with Crippen LogP contribution in [0.1, 0.15) is 44.6 Å². The van der Waals surface area contributed by atoms with Crippen molar-refractivity contribution in [2.75, 3.05) is 11.5 Å². The van der Waals surface area contributed by atoms with Crippen LogP contribution in [-0.4, -0.2) is 23.5 Å². The molecule has 0 aliphatic carbocycles. The van der Waals surface area contributed by atoms with Crippen molar-refractivity contribution in [1.29, 1.82) is 0 Å². The van der Waals surface area contributed by atoms with Crippen LogP contribution >= 0.6 is 0 Å². The van der Waals surface area contributed by atoms with Gasteiger partial charge in [-0.3, -0.25) is 4.79 Å². The number of carbonyl (C=O) groups excluding carboxylic acids is 2. The Balaban J connectivity index is 2.01. The molecule has 6 heteroatoms.